The SMILES string of the molecule is Nc1ncnc2c1c(-c1cnc3ccccc3c1)c1n2CC(NC(=O)C=CCl)CC1. The van der Waals surface area contributed by atoms with Crippen molar-refractivity contribution < 1.29 is 4.79 Å². The predicted octanol–water partition coefficient (Wildman–Crippen LogP) is 3.41. The maximum atomic E-state index is 11.9. The van der Waals surface area contributed by atoms with Crippen LogP contribution in [0.1, 0.15) is 12.1 Å². The fourth-order valence-electron chi connectivity index (χ4n) is 4.26. The number of nitrogens with zero attached hydrogens (tertiary/aromatic N) is 4. The highest BCUT2D eigenvalue weighted by atomic mass is 35.5. The van der Waals surface area contributed by atoms with Gasteiger partial charge in [0.05, 0.1) is 10.9 Å². The zero-order valence-corrected chi connectivity index (χ0v) is 16.8. The molecule has 1 unspecified atom stereocenters. The number of hydrogen-bond acceptors (Lipinski definition) is 5. The van der Waals surface area contributed by atoms with Crippen molar-refractivity contribution in [3.8, 4) is 11.1 Å². The summed E-state index contributed by atoms with van der Waals surface area (Å²) in [5, 5.41) is 4.89. The van der Waals surface area contributed by atoms with Crippen LogP contribution < -0.4 is 11.1 Å². The third-order valence-electron chi connectivity index (χ3n) is 5.55. The lowest BCUT2D eigenvalue weighted by molar-refractivity contribution is -0.117. The molecule has 0 fully saturated rings. The summed E-state index contributed by atoms with van der Waals surface area (Å²) in [6, 6.07) is 10.1. The maximum absolute atomic E-state index is 11.9. The smallest absolute Gasteiger partial charge is 0.245 e. The molecule has 3 aromatic heterocycles. The van der Waals surface area contributed by atoms with Crippen LogP contribution in [-0.2, 0) is 17.8 Å². The van der Waals surface area contributed by atoms with E-state index in [1.165, 1.54) is 17.9 Å². The van der Waals surface area contributed by atoms with E-state index in [0.717, 1.165) is 51.6 Å². The van der Waals surface area contributed by atoms with E-state index in [4.69, 9.17) is 17.3 Å². The van der Waals surface area contributed by atoms with Crippen LogP contribution in [0.3, 0.4) is 0 Å². The van der Waals surface area contributed by atoms with Gasteiger partial charge in [0.2, 0.25) is 5.91 Å². The Kier molecular flexibility index (Phi) is 4.59. The third-order valence-corrected chi connectivity index (χ3v) is 5.68. The Bertz CT molecular complexity index is 1310. The highest BCUT2D eigenvalue weighted by molar-refractivity contribution is 6.26. The van der Waals surface area contributed by atoms with Gasteiger partial charge in [0, 0.05) is 52.6 Å². The summed E-state index contributed by atoms with van der Waals surface area (Å²) in [6.45, 7) is 0.602. The van der Waals surface area contributed by atoms with Gasteiger partial charge in [-0.25, -0.2) is 9.97 Å². The second kappa shape index (κ2) is 7.42. The van der Waals surface area contributed by atoms with E-state index in [0.29, 0.717) is 12.4 Å². The molecule has 0 aliphatic carbocycles. The van der Waals surface area contributed by atoms with Gasteiger partial charge < -0.3 is 15.6 Å². The molecule has 30 heavy (non-hydrogen) atoms. The molecular formula is C22H19ClN6O. The first-order valence-corrected chi connectivity index (χ1v) is 10.1. The van der Waals surface area contributed by atoms with Crippen molar-refractivity contribution in [1.82, 2.24) is 24.8 Å². The zero-order valence-electron chi connectivity index (χ0n) is 16.0. The lowest BCUT2D eigenvalue weighted by Gasteiger charge is -2.26. The quantitative estimate of drug-likeness (QED) is 0.497. The Morgan fingerprint density at radius 1 is 1.27 bits per heavy atom. The van der Waals surface area contributed by atoms with Crippen molar-refractivity contribution in [2.75, 3.05) is 5.73 Å². The number of nitrogens with two attached hydrogens (primary N) is 1. The number of hydrogen-bond donors (Lipinski definition) is 2. The van der Waals surface area contributed by atoms with Crippen LogP contribution in [0.5, 0.6) is 0 Å². The van der Waals surface area contributed by atoms with E-state index >= 15 is 0 Å². The minimum atomic E-state index is -0.206. The molecule has 0 radical (unpaired) electrons. The van der Waals surface area contributed by atoms with Gasteiger partial charge in [0.15, 0.2) is 0 Å². The molecule has 1 aliphatic rings. The Labute approximate surface area is 177 Å². The topological polar surface area (TPSA) is 98.7 Å². The molecule has 1 aromatic carbocycles. The maximum Gasteiger partial charge on any atom is 0.245 e. The summed E-state index contributed by atoms with van der Waals surface area (Å²) >= 11 is 5.52. The zero-order chi connectivity index (χ0) is 20.7. The number of anilines is 1. The van der Waals surface area contributed by atoms with E-state index < -0.39 is 0 Å². The Morgan fingerprint density at radius 2 is 2.13 bits per heavy atom. The van der Waals surface area contributed by atoms with Crippen molar-refractivity contribution in [3.63, 3.8) is 0 Å². The Morgan fingerprint density at radius 3 is 3.00 bits per heavy atom. The molecule has 0 spiro atoms. The number of nitrogens with one attached hydrogen (secondary N) is 1. The van der Waals surface area contributed by atoms with Gasteiger partial charge in [-0.3, -0.25) is 9.78 Å². The lowest BCUT2D eigenvalue weighted by Crippen LogP contribution is -2.40. The monoisotopic (exact) mass is 418 g/mol. The van der Waals surface area contributed by atoms with Gasteiger partial charge in [-0.2, -0.15) is 0 Å². The minimum absolute atomic E-state index is 0.0211. The summed E-state index contributed by atoms with van der Waals surface area (Å²) < 4.78 is 2.14. The first-order valence-electron chi connectivity index (χ1n) is 9.69. The number of nitrogen functional groups attached to an aromatic ring is 1. The van der Waals surface area contributed by atoms with Crippen molar-refractivity contribution in [2.24, 2.45) is 0 Å². The van der Waals surface area contributed by atoms with Gasteiger partial charge in [-0.1, -0.05) is 29.8 Å². The third kappa shape index (κ3) is 3.07. The molecule has 5 rings (SSSR count). The van der Waals surface area contributed by atoms with Crippen LogP contribution in [0.15, 0.2) is 54.5 Å². The minimum Gasteiger partial charge on any atom is -0.383 e. The van der Waals surface area contributed by atoms with Crippen molar-refractivity contribution in [1.29, 1.82) is 0 Å². The van der Waals surface area contributed by atoms with Crippen LogP contribution in [0, 0.1) is 0 Å². The Balaban J connectivity index is 1.66. The summed E-state index contributed by atoms with van der Waals surface area (Å²) in [5.41, 5.74) is 12.4. The number of aromatic nitrogens is 4. The molecule has 0 saturated carbocycles. The Hall–Kier alpha value is -3.45. The van der Waals surface area contributed by atoms with Gasteiger partial charge >= 0.3 is 0 Å². The van der Waals surface area contributed by atoms with Crippen LogP contribution in [0.2, 0.25) is 0 Å². The number of rotatable bonds is 3. The predicted molar refractivity (Wildman–Crippen MR) is 118 cm³/mol. The lowest BCUT2D eigenvalue weighted by atomic mass is 9.97. The van der Waals surface area contributed by atoms with Crippen LogP contribution in [0.4, 0.5) is 5.82 Å². The molecule has 8 heteroatoms. The van der Waals surface area contributed by atoms with Crippen LogP contribution in [0.25, 0.3) is 33.1 Å². The molecule has 1 aliphatic heterocycles. The largest absolute Gasteiger partial charge is 0.383 e. The number of carbonyl (C=O) groups excluding carboxylic acids is 1. The normalized spacial score (nSPS) is 16.2. The van der Waals surface area contributed by atoms with E-state index in [9.17, 15) is 4.79 Å². The second-order valence-electron chi connectivity index (χ2n) is 7.34. The fourth-order valence-corrected chi connectivity index (χ4v) is 4.38. The molecule has 150 valence electrons. The van der Waals surface area contributed by atoms with E-state index in [-0.39, 0.29) is 11.9 Å². The highest BCUT2D eigenvalue weighted by Gasteiger charge is 2.28. The molecule has 1 atom stereocenters. The fraction of sp³-hybridized carbons (Fsp3) is 0.182. The van der Waals surface area contributed by atoms with Gasteiger partial charge in [-0.15, -0.1) is 0 Å². The number of amides is 1. The molecular weight excluding hydrogens is 400 g/mol. The van der Waals surface area contributed by atoms with Crippen molar-refractivity contribution in [3.05, 3.63) is 60.2 Å². The van der Waals surface area contributed by atoms with Gasteiger partial charge in [-0.05, 0) is 25.0 Å². The van der Waals surface area contributed by atoms with E-state index in [1.807, 2.05) is 30.5 Å². The number of benzene rings is 1. The standard InChI is InChI=1S/C22H19ClN6O/c23-8-7-18(30)28-15-5-6-17-19(14-9-13-3-1-2-4-16(13)25-10-14)20-21(24)26-12-27-22(20)29(17)11-15/h1-4,7-10,12,15H,5-6,11H2,(H,28,30)(H2,24,26,27). The molecule has 4 heterocycles. The second-order valence-corrected chi connectivity index (χ2v) is 7.60. The number of fused-ring (bicyclic) bond motifs is 4. The first kappa shape index (κ1) is 18.6. The molecule has 0 saturated heterocycles. The summed E-state index contributed by atoms with van der Waals surface area (Å²) in [6.07, 6.45) is 6.25. The van der Waals surface area contributed by atoms with Crippen molar-refractivity contribution in [2.45, 2.75) is 25.4 Å². The average molecular weight is 419 g/mol. The highest BCUT2D eigenvalue weighted by Crippen LogP contribution is 2.39. The molecule has 0 bridgehead atoms. The summed E-state index contributed by atoms with van der Waals surface area (Å²) in [4.78, 5) is 25.3. The molecule has 7 nitrogen and oxygen atoms in total. The van der Waals surface area contributed by atoms with Gasteiger partial charge in [0.1, 0.15) is 17.8 Å². The number of halogens is 1. The van der Waals surface area contributed by atoms with Gasteiger partial charge in [0.25, 0.3) is 0 Å². The summed E-state index contributed by atoms with van der Waals surface area (Å²) in [5.74, 6) is 0.235. The number of para-hydroxylation sites is 1. The number of pyridine rings is 1. The molecule has 4 aromatic rings. The van der Waals surface area contributed by atoms with E-state index in [2.05, 4.69) is 30.9 Å². The first-order chi connectivity index (χ1) is 14.7. The van der Waals surface area contributed by atoms with Crippen LogP contribution >= 0.6 is 11.6 Å². The van der Waals surface area contributed by atoms with E-state index in [1.54, 1.807) is 0 Å². The molecule has 1 amide bonds. The molecule has 3 N–H and O–H groups in total. The average Bonchev–Trinajstić information content (AvgIpc) is 3.09. The van der Waals surface area contributed by atoms with Crippen molar-refractivity contribution >= 4 is 45.3 Å². The van der Waals surface area contributed by atoms with Crippen LogP contribution in [-0.4, -0.2) is 31.5 Å². The number of carbonyl (C=O) groups is 1. The summed E-state index contributed by atoms with van der Waals surface area (Å²) in [7, 11) is 0.